The number of carbonyl (C=O) groups is 2. The van der Waals surface area contributed by atoms with Crippen LogP contribution < -0.4 is 9.64 Å². The fourth-order valence-corrected chi connectivity index (χ4v) is 4.14. The fraction of sp³-hybridized carbons (Fsp3) is 0.304. The van der Waals surface area contributed by atoms with E-state index in [0.29, 0.717) is 17.9 Å². The molecule has 4 nitrogen and oxygen atoms in total. The lowest BCUT2D eigenvalue weighted by Gasteiger charge is -2.22. The smallest absolute Gasteiger partial charge is 0.238 e. The van der Waals surface area contributed by atoms with E-state index in [1.165, 1.54) is 4.90 Å². The van der Waals surface area contributed by atoms with Gasteiger partial charge in [-0.1, -0.05) is 37.3 Å². The van der Waals surface area contributed by atoms with Crippen molar-refractivity contribution in [1.82, 2.24) is 0 Å². The van der Waals surface area contributed by atoms with Crippen LogP contribution >= 0.6 is 0 Å². The molecule has 0 N–H and O–H groups in total. The lowest BCUT2D eigenvalue weighted by Crippen LogP contribution is -2.31. The molecule has 0 spiro atoms. The number of carbonyl (C=O) groups excluding carboxylic acids is 2. The molecule has 4 heteroatoms. The number of fused-ring (bicyclic) bond motifs is 1. The van der Waals surface area contributed by atoms with Crippen LogP contribution in [0.5, 0.6) is 11.5 Å². The molecule has 0 unspecified atom stereocenters. The van der Waals surface area contributed by atoms with Crippen LogP contribution in [0.3, 0.4) is 0 Å². The van der Waals surface area contributed by atoms with E-state index >= 15 is 0 Å². The molecule has 1 heterocycles. The molecule has 2 aromatic rings. The molecule has 0 aromatic heterocycles. The quantitative estimate of drug-likeness (QED) is 0.583. The highest BCUT2D eigenvalue weighted by molar-refractivity contribution is 6.22. The Morgan fingerprint density at radius 1 is 0.963 bits per heavy atom. The van der Waals surface area contributed by atoms with Crippen LogP contribution in [0.2, 0.25) is 0 Å². The summed E-state index contributed by atoms with van der Waals surface area (Å²) < 4.78 is 6.02. The number of anilines is 1. The maximum Gasteiger partial charge on any atom is 0.238 e. The molecule has 1 aliphatic carbocycles. The van der Waals surface area contributed by atoms with Crippen molar-refractivity contribution in [3.63, 3.8) is 0 Å². The van der Waals surface area contributed by atoms with E-state index in [1.54, 1.807) is 12.1 Å². The zero-order chi connectivity index (χ0) is 19.1. The number of rotatable bonds is 3. The molecular weight excluding hydrogens is 338 g/mol. The molecule has 4 rings (SSSR count). The standard InChI is InChI=1S/C23H23NO3/c1-14-6-5-9-19-20(14)23(26)24(22(19)25)17-10-12-18(13-11-17)27-21-15(2)7-4-8-16(21)3/h4-8,10-14,19-20H,9H2,1-3H3/t14-,19+,20-/m1/s1. The second-order valence-corrected chi connectivity index (χ2v) is 7.48. The summed E-state index contributed by atoms with van der Waals surface area (Å²) in [7, 11) is 0. The molecule has 27 heavy (non-hydrogen) atoms. The molecule has 1 aliphatic heterocycles. The minimum atomic E-state index is -0.243. The molecule has 1 saturated heterocycles. The Morgan fingerprint density at radius 2 is 1.63 bits per heavy atom. The van der Waals surface area contributed by atoms with Gasteiger partial charge in [-0.05, 0) is 61.6 Å². The predicted molar refractivity (Wildman–Crippen MR) is 105 cm³/mol. The van der Waals surface area contributed by atoms with Crippen molar-refractivity contribution in [2.75, 3.05) is 4.90 Å². The maximum absolute atomic E-state index is 12.9. The largest absolute Gasteiger partial charge is 0.457 e. The summed E-state index contributed by atoms with van der Waals surface area (Å²) in [5, 5.41) is 0. The molecular formula is C23H23NO3. The van der Waals surface area contributed by atoms with Gasteiger partial charge in [0.05, 0.1) is 17.5 Å². The van der Waals surface area contributed by atoms with Crippen molar-refractivity contribution in [2.45, 2.75) is 27.2 Å². The molecule has 0 bridgehead atoms. The summed E-state index contributed by atoms with van der Waals surface area (Å²) in [5.41, 5.74) is 2.74. The molecule has 2 amide bonds. The van der Waals surface area contributed by atoms with Gasteiger partial charge in [0, 0.05) is 0 Å². The topological polar surface area (TPSA) is 46.6 Å². The Morgan fingerprint density at radius 3 is 2.26 bits per heavy atom. The van der Waals surface area contributed by atoms with Crippen LogP contribution in [-0.4, -0.2) is 11.8 Å². The predicted octanol–water partition coefficient (Wildman–Crippen LogP) is 4.80. The van der Waals surface area contributed by atoms with Gasteiger partial charge >= 0.3 is 0 Å². The third-order valence-corrected chi connectivity index (χ3v) is 5.60. The van der Waals surface area contributed by atoms with Crippen LogP contribution in [0.4, 0.5) is 5.69 Å². The summed E-state index contributed by atoms with van der Waals surface area (Å²) in [6, 6.07) is 13.2. The molecule has 2 aromatic carbocycles. The minimum absolute atomic E-state index is 0.0923. The van der Waals surface area contributed by atoms with Crippen LogP contribution in [0.25, 0.3) is 0 Å². The Hall–Kier alpha value is -2.88. The second-order valence-electron chi connectivity index (χ2n) is 7.48. The number of nitrogens with zero attached hydrogens (tertiary/aromatic N) is 1. The molecule has 2 aliphatic rings. The number of benzene rings is 2. The van der Waals surface area contributed by atoms with Crippen LogP contribution in [0, 0.1) is 31.6 Å². The zero-order valence-electron chi connectivity index (χ0n) is 15.8. The van der Waals surface area contributed by atoms with Gasteiger partial charge in [-0.25, -0.2) is 0 Å². The number of allylic oxidation sites excluding steroid dienone is 2. The van der Waals surface area contributed by atoms with Gasteiger partial charge in [0.2, 0.25) is 11.8 Å². The SMILES string of the molecule is Cc1cccc(C)c1Oc1ccc(N2C(=O)[C@@H]3[C@H](C)C=CC[C@@H]3C2=O)cc1. The minimum Gasteiger partial charge on any atom is -0.457 e. The average Bonchev–Trinajstić information content (AvgIpc) is 2.91. The number of hydrogen-bond acceptors (Lipinski definition) is 3. The number of aryl methyl sites for hydroxylation is 2. The number of hydrogen-bond donors (Lipinski definition) is 0. The zero-order valence-corrected chi connectivity index (χ0v) is 15.8. The van der Waals surface area contributed by atoms with Crippen LogP contribution in [0.1, 0.15) is 24.5 Å². The first-order chi connectivity index (χ1) is 13.0. The monoisotopic (exact) mass is 361 g/mol. The van der Waals surface area contributed by atoms with E-state index in [4.69, 9.17) is 4.74 Å². The first-order valence-corrected chi connectivity index (χ1v) is 9.36. The lowest BCUT2D eigenvalue weighted by atomic mass is 9.78. The van der Waals surface area contributed by atoms with E-state index in [9.17, 15) is 9.59 Å². The summed E-state index contributed by atoms with van der Waals surface area (Å²) in [6.45, 7) is 6.02. The van der Waals surface area contributed by atoms with Crippen molar-refractivity contribution in [2.24, 2.45) is 17.8 Å². The lowest BCUT2D eigenvalue weighted by molar-refractivity contribution is -0.122. The molecule has 1 fully saturated rings. The highest BCUT2D eigenvalue weighted by atomic mass is 16.5. The highest BCUT2D eigenvalue weighted by Crippen LogP contribution is 2.41. The molecule has 138 valence electrons. The highest BCUT2D eigenvalue weighted by Gasteiger charge is 2.50. The van der Waals surface area contributed by atoms with Gasteiger partial charge in [0.25, 0.3) is 0 Å². The number of ether oxygens (including phenoxy) is 1. The number of para-hydroxylation sites is 1. The summed E-state index contributed by atoms with van der Waals surface area (Å²) in [6.07, 6.45) is 4.70. The van der Waals surface area contributed by atoms with Gasteiger partial charge in [-0.3, -0.25) is 14.5 Å². The first-order valence-electron chi connectivity index (χ1n) is 9.36. The average molecular weight is 361 g/mol. The van der Waals surface area contributed by atoms with Gasteiger partial charge < -0.3 is 4.74 Å². The Bertz CT molecular complexity index is 909. The van der Waals surface area contributed by atoms with Gasteiger partial charge in [0.15, 0.2) is 0 Å². The fourth-order valence-electron chi connectivity index (χ4n) is 4.14. The summed E-state index contributed by atoms with van der Waals surface area (Å²) >= 11 is 0. The van der Waals surface area contributed by atoms with E-state index in [2.05, 4.69) is 0 Å². The van der Waals surface area contributed by atoms with E-state index < -0.39 is 0 Å². The Balaban J connectivity index is 1.58. The summed E-state index contributed by atoms with van der Waals surface area (Å²) in [5.74, 6) is 0.954. The number of imide groups is 1. The maximum atomic E-state index is 12.9. The molecule has 3 atom stereocenters. The first kappa shape index (κ1) is 17.5. The van der Waals surface area contributed by atoms with E-state index in [0.717, 1.165) is 16.9 Å². The van der Waals surface area contributed by atoms with Crippen LogP contribution in [-0.2, 0) is 9.59 Å². The normalized spacial score (nSPS) is 24.3. The van der Waals surface area contributed by atoms with E-state index in [-0.39, 0.29) is 29.6 Å². The van der Waals surface area contributed by atoms with Crippen molar-refractivity contribution in [3.8, 4) is 11.5 Å². The Kier molecular flexibility index (Phi) is 4.34. The number of amides is 2. The third kappa shape index (κ3) is 2.95. The van der Waals surface area contributed by atoms with Crippen molar-refractivity contribution >= 4 is 17.5 Å². The molecule has 0 saturated carbocycles. The van der Waals surface area contributed by atoms with E-state index in [1.807, 2.05) is 63.3 Å². The van der Waals surface area contributed by atoms with Crippen molar-refractivity contribution in [1.29, 1.82) is 0 Å². The molecule has 0 radical (unpaired) electrons. The third-order valence-electron chi connectivity index (χ3n) is 5.60. The van der Waals surface area contributed by atoms with Gasteiger partial charge in [-0.2, -0.15) is 0 Å². The summed E-state index contributed by atoms with van der Waals surface area (Å²) in [4.78, 5) is 27.0. The Labute approximate surface area is 159 Å². The van der Waals surface area contributed by atoms with Gasteiger partial charge in [0.1, 0.15) is 11.5 Å². The van der Waals surface area contributed by atoms with Crippen molar-refractivity contribution in [3.05, 3.63) is 65.7 Å². The van der Waals surface area contributed by atoms with Crippen LogP contribution in [0.15, 0.2) is 54.6 Å². The second kappa shape index (κ2) is 6.69. The van der Waals surface area contributed by atoms with Crippen molar-refractivity contribution < 1.29 is 14.3 Å². The van der Waals surface area contributed by atoms with Gasteiger partial charge in [-0.15, -0.1) is 0 Å².